The highest BCUT2D eigenvalue weighted by Gasteiger charge is 2.65. The third-order valence-electron chi connectivity index (χ3n) is 11.8. The van der Waals surface area contributed by atoms with Gasteiger partial charge in [-0.1, -0.05) is 58.0 Å². The molecular weight excluding hydrogens is 492 g/mol. The number of carbonyl (C=O) groups is 2. The van der Waals surface area contributed by atoms with E-state index in [1.54, 1.807) is 0 Å². The lowest BCUT2D eigenvalue weighted by atomic mass is 9.43. The fraction of sp³-hybridized carbons (Fsp3) is 0.758. The van der Waals surface area contributed by atoms with Crippen LogP contribution in [0.4, 0.5) is 0 Å². The van der Waals surface area contributed by atoms with Crippen LogP contribution in [0.25, 0.3) is 0 Å². The normalized spacial score (nSPS) is 41.7. The fourth-order valence-electron chi connectivity index (χ4n) is 9.51. The van der Waals surface area contributed by atoms with E-state index in [1.165, 1.54) is 0 Å². The molecule has 0 aliphatic heterocycles. The number of ketones is 1. The van der Waals surface area contributed by atoms with Crippen LogP contribution in [-0.4, -0.2) is 50.5 Å². The largest absolute Gasteiger partial charge is 0.481 e. The number of benzene rings is 1. The summed E-state index contributed by atoms with van der Waals surface area (Å²) in [7, 11) is 0. The molecule has 0 spiro atoms. The zero-order valence-corrected chi connectivity index (χ0v) is 24.3. The van der Waals surface area contributed by atoms with Gasteiger partial charge in [0, 0.05) is 18.4 Å². The molecule has 0 unspecified atom stereocenters. The van der Waals surface area contributed by atoms with Gasteiger partial charge in [0.25, 0.3) is 0 Å². The van der Waals surface area contributed by atoms with Crippen LogP contribution < -0.4 is 0 Å². The molecule has 39 heavy (non-hydrogen) atoms. The van der Waals surface area contributed by atoms with Gasteiger partial charge in [0.2, 0.25) is 0 Å². The first-order valence-corrected chi connectivity index (χ1v) is 15.3. The van der Waals surface area contributed by atoms with Crippen LogP contribution in [0.1, 0.15) is 102 Å². The molecular formula is C33H50O6. The molecule has 0 heterocycles. The molecule has 1 aromatic carbocycles. The predicted molar refractivity (Wildman–Crippen MR) is 151 cm³/mol. The van der Waals surface area contributed by atoms with Crippen molar-refractivity contribution >= 4 is 11.8 Å². The predicted octanol–water partition coefficient (Wildman–Crippen LogP) is 5.73. The van der Waals surface area contributed by atoms with Crippen molar-refractivity contribution in [1.82, 2.24) is 0 Å². The van der Waals surface area contributed by atoms with Gasteiger partial charge in [0.1, 0.15) is 0 Å². The maximum atomic E-state index is 11.5. The zero-order chi connectivity index (χ0) is 28.5. The summed E-state index contributed by atoms with van der Waals surface area (Å²) in [6.45, 7) is 8.59. The van der Waals surface area contributed by atoms with Gasteiger partial charge in [-0.05, 0) is 97.7 Å². The molecule has 0 aromatic heterocycles. The van der Waals surface area contributed by atoms with Gasteiger partial charge in [-0.25, -0.2) is 0 Å². The number of aliphatic hydroxyl groups excluding tert-OH is 3. The molecule has 6 heteroatoms. The molecule has 1 aromatic rings. The van der Waals surface area contributed by atoms with Crippen molar-refractivity contribution in [2.45, 2.75) is 110 Å². The van der Waals surface area contributed by atoms with Crippen molar-refractivity contribution in [2.24, 2.45) is 46.3 Å². The van der Waals surface area contributed by atoms with E-state index in [4.69, 9.17) is 5.11 Å². The van der Waals surface area contributed by atoms with Crippen LogP contribution in [0.5, 0.6) is 0 Å². The Morgan fingerprint density at radius 2 is 1.67 bits per heavy atom. The van der Waals surface area contributed by atoms with E-state index in [-0.39, 0.29) is 47.1 Å². The van der Waals surface area contributed by atoms with Gasteiger partial charge >= 0.3 is 5.97 Å². The third-order valence-corrected chi connectivity index (χ3v) is 11.8. The summed E-state index contributed by atoms with van der Waals surface area (Å²) < 4.78 is 0. The summed E-state index contributed by atoms with van der Waals surface area (Å²) >= 11 is 0. The van der Waals surface area contributed by atoms with Crippen molar-refractivity contribution < 1.29 is 30.0 Å². The number of Topliss-reactive ketones (excluding diaryl/α,β-unsaturated/α-hetero) is 1. The summed E-state index contributed by atoms with van der Waals surface area (Å²) in [4.78, 5) is 22.1. The Hall–Kier alpha value is -1.76. The summed E-state index contributed by atoms with van der Waals surface area (Å²) in [5.74, 6) is 1.21. The Balaban J connectivity index is 0.000000298. The second kappa shape index (κ2) is 12.0. The molecule has 11 atom stereocenters. The first-order valence-electron chi connectivity index (χ1n) is 15.3. The Morgan fingerprint density at radius 1 is 0.974 bits per heavy atom. The zero-order valence-electron chi connectivity index (χ0n) is 24.3. The smallest absolute Gasteiger partial charge is 0.303 e. The molecule has 4 aliphatic carbocycles. The highest BCUT2D eigenvalue weighted by molar-refractivity contribution is 5.95. The first kappa shape index (κ1) is 30.2. The van der Waals surface area contributed by atoms with Gasteiger partial charge in [-0.2, -0.15) is 0 Å². The molecule has 0 saturated heterocycles. The van der Waals surface area contributed by atoms with E-state index in [9.17, 15) is 24.9 Å². The number of carboxylic acid groups (broad SMARTS) is 1. The molecule has 4 aliphatic rings. The van der Waals surface area contributed by atoms with E-state index in [1.807, 2.05) is 37.3 Å². The van der Waals surface area contributed by atoms with Crippen LogP contribution in [-0.2, 0) is 4.79 Å². The average Bonchev–Trinajstić information content (AvgIpc) is 3.27. The highest BCUT2D eigenvalue weighted by Crippen LogP contribution is 2.68. The topological polar surface area (TPSA) is 115 Å². The molecule has 4 fully saturated rings. The Morgan fingerprint density at radius 3 is 2.31 bits per heavy atom. The van der Waals surface area contributed by atoms with E-state index in [2.05, 4.69) is 20.8 Å². The molecule has 4 N–H and O–H groups in total. The summed E-state index contributed by atoms with van der Waals surface area (Å²) in [6.07, 6.45) is 6.59. The van der Waals surface area contributed by atoms with Crippen molar-refractivity contribution in [3.05, 3.63) is 35.9 Å². The lowest BCUT2D eigenvalue weighted by Gasteiger charge is -2.63. The number of rotatable bonds is 6. The van der Waals surface area contributed by atoms with Gasteiger partial charge in [0.05, 0.1) is 18.3 Å². The summed E-state index contributed by atoms with van der Waals surface area (Å²) in [6, 6.07) is 9.34. The SMILES string of the molecule is CCC(=O)c1ccccc1.C[C@H](CCC(=O)O)[C@H]1CC[C@H]2[C@@H]3[C@H](O)C[C@@H]4C[C@H](O)CC[C@]4(C)[C@H]3C[C@H](O)[C@]12C. The van der Waals surface area contributed by atoms with Crippen LogP contribution in [0, 0.1) is 46.3 Å². The number of fused-ring (bicyclic) bond motifs is 5. The average molecular weight is 543 g/mol. The molecule has 5 rings (SSSR count). The van der Waals surface area contributed by atoms with Crippen molar-refractivity contribution in [2.75, 3.05) is 0 Å². The minimum atomic E-state index is -0.748. The van der Waals surface area contributed by atoms with E-state index in [0.29, 0.717) is 36.5 Å². The lowest BCUT2D eigenvalue weighted by molar-refractivity contribution is -0.207. The molecule has 0 amide bonds. The number of hydrogen-bond donors (Lipinski definition) is 4. The summed E-state index contributed by atoms with van der Waals surface area (Å²) in [5, 5.41) is 42.0. The number of aliphatic hydroxyl groups is 3. The van der Waals surface area contributed by atoms with Gasteiger partial charge in [-0.3, -0.25) is 9.59 Å². The maximum Gasteiger partial charge on any atom is 0.303 e. The second-order valence-electron chi connectivity index (χ2n) is 13.6. The number of hydrogen-bond acceptors (Lipinski definition) is 5. The van der Waals surface area contributed by atoms with E-state index in [0.717, 1.165) is 50.5 Å². The van der Waals surface area contributed by atoms with Crippen molar-refractivity contribution in [1.29, 1.82) is 0 Å². The molecule has 218 valence electrons. The van der Waals surface area contributed by atoms with Crippen LogP contribution in [0.2, 0.25) is 0 Å². The molecule has 6 nitrogen and oxygen atoms in total. The molecule has 0 radical (unpaired) electrons. The van der Waals surface area contributed by atoms with Crippen LogP contribution in [0.15, 0.2) is 30.3 Å². The molecule has 4 saturated carbocycles. The Kier molecular flexibility index (Phi) is 9.29. The Labute approximate surface area is 234 Å². The van der Waals surface area contributed by atoms with Gasteiger partial charge in [-0.15, -0.1) is 0 Å². The minimum Gasteiger partial charge on any atom is -0.481 e. The Bertz CT molecular complexity index is 995. The van der Waals surface area contributed by atoms with Crippen LogP contribution >= 0.6 is 0 Å². The number of aliphatic carboxylic acids is 1. The van der Waals surface area contributed by atoms with Crippen molar-refractivity contribution in [3.63, 3.8) is 0 Å². The van der Waals surface area contributed by atoms with Gasteiger partial charge in [0.15, 0.2) is 5.78 Å². The third kappa shape index (κ3) is 5.71. The first-order chi connectivity index (χ1) is 18.4. The highest BCUT2D eigenvalue weighted by atomic mass is 16.4. The summed E-state index contributed by atoms with van der Waals surface area (Å²) in [5.41, 5.74) is 0.667. The van der Waals surface area contributed by atoms with Crippen molar-refractivity contribution in [3.8, 4) is 0 Å². The second-order valence-corrected chi connectivity index (χ2v) is 13.6. The van der Waals surface area contributed by atoms with Gasteiger partial charge < -0.3 is 20.4 Å². The van der Waals surface area contributed by atoms with E-state index < -0.39 is 12.1 Å². The lowest BCUT2D eigenvalue weighted by Crippen LogP contribution is -2.62. The number of carboxylic acids is 1. The fourth-order valence-corrected chi connectivity index (χ4v) is 9.51. The standard InChI is InChI=1S/C24H40O5.C9H10O/c1-13(4-7-21(28)29)16-5-6-17-22-18(12-20(27)24(16,17)3)23(2)9-8-15(25)10-14(23)11-19(22)26;1-2-9(10)8-6-4-3-5-7-8/h13-20,22,25-27H,4-12H2,1-3H3,(H,28,29);3-7H,2H2,1H3/t13-,14+,15-,16-,17+,18+,19-,20+,22+,23+,24-;/m1./s1. The number of carbonyl (C=O) groups excluding carboxylic acids is 1. The monoisotopic (exact) mass is 542 g/mol. The molecule has 0 bridgehead atoms. The van der Waals surface area contributed by atoms with Crippen LogP contribution in [0.3, 0.4) is 0 Å². The maximum absolute atomic E-state index is 11.5. The quantitative estimate of drug-likeness (QED) is 0.342. The minimum absolute atomic E-state index is 0.0957. The van der Waals surface area contributed by atoms with E-state index >= 15 is 0 Å².